The first kappa shape index (κ1) is 11.0. The van der Waals surface area contributed by atoms with Crippen molar-refractivity contribution < 1.29 is 15.0 Å². The maximum atomic E-state index is 10.6. The highest BCUT2D eigenvalue weighted by atomic mass is 16.3. The third kappa shape index (κ3) is 3.68. The molecule has 0 aliphatic carbocycles. The molecule has 0 saturated carbocycles. The van der Waals surface area contributed by atoms with Gasteiger partial charge in [-0.25, -0.2) is 0 Å². The van der Waals surface area contributed by atoms with Gasteiger partial charge in [0.2, 0.25) is 0 Å². The van der Waals surface area contributed by atoms with Crippen molar-refractivity contribution in [1.82, 2.24) is 0 Å². The van der Waals surface area contributed by atoms with Crippen LogP contribution < -0.4 is 0 Å². The highest BCUT2D eigenvalue weighted by molar-refractivity contribution is 5.88. The summed E-state index contributed by atoms with van der Waals surface area (Å²) in [6.07, 6.45) is 2.18. The zero-order valence-corrected chi connectivity index (χ0v) is 8.34. The summed E-state index contributed by atoms with van der Waals surface area (Å²) >= 11 is 0. The van der Waals surface area contributed by atoms with Crippen molar-refractivity contribution in [3.63, 3.8) is 0 Å². The molecule has 1 aromatic rings. The van der Waals surface area contributed by atoms with Gasteiger partial charge in [0.1, 0.15) is 11.5 Å². The molecule has 15 heavy (non-hydrogen) atoms. The van der Waals surface area contributed by atoms with Crippen molar-refractivity contribution in [3.8, 4) is 0 Å². The average Bonchev–Trinajstić information content (AvgIpc) is 2.17. The fourth-order valence-electron chi connectivity index (χ4n) is 1.08. The van der Waals surface area contributed by atoms with E-state index in [2.05, 4.69) is 0 Å². The van der Waals surface area contributed by atoms with E-state index in [0.717, 1.165) is 12.2 Å². The van der Waals surface area contributed by atoms with E-state index in [1.165, 1.54) is 6.92 Å². The van der Waals surface area contributed by atoms with Crippen molar-refractivity contribution in [2.24, 2.45) is 0 Å². The van der Waals surface area contributed by atoms with Gasteiger partial charge in [-0.2, -0.15) is 0 Å². The molecule has 1 aromatic carbocycles. The number of ketones is 1. The van der Waals surface area contributed by atoms with Crippen molar-refractivity contribution in [3.05, 3.63) is 53.8 Å². The lowest BCUT2D eigenvalue weighted by Gasteiger charge is -1.98. The monoisotopic (exact) mass is 204 g/mol. The molecule has 0 aromatic heterocycles. The van der Waals surface area contributed by atoms with E-state index in [9.17, 15) is 15.0 Å². The average molecular weight is 204 g/mol. The van der Waals surface area contributed by atoms with Gasteiger partial charge in [-0.05, 0) is 6.92 Å². The Kier molecular flexibility index (Phi) is 3.68. The molecule has 0 unspecified atom stereocenters. The van der Waals surface area contributed by atoms with E-state index in [4.69, 9.17) is 0 Å². The van der Waals surface area contributed by atoms with Crippen LogP contribution in [0.25, 0.3) is 5.76 Å². The molecule has 2 N–H and O–H groups in total. The molecule has 0 amide bonds. The molecule has 0 radical (unpaired) electrons. The van der Waals surface area contributed by atoms with Crippen molar-refractivity contribution in [2.45, 2.75) is 6.92 Å². The number of carbonyl (C=O) groups excluding carboxylic acids is 1. The number of rotatable bonds is 3. The van der Waals surface area contributed by atoms with Crippen LogP contribution in [0.2, 0.25) is 0 Å². The number of hydrogen-bond acceptors (Lipinski definition) is 3. The quantitative estimate of drug-likeness (QED) is 0.452. The summed E-state index contributed by atoms with van der Waals surface area (Å²) in [5, 5.41) is 18.8. The number of hydrogen-bond donors (Lipinski definition) is 2. The fraction of sp³-hybridized carbons (Fsp3) is 0.0833. The summed E-state index contributed by atoms with van der Waals surface area (Å²) in [4.78, 5) is 10.6. The van der Waals surface area contributed by atoms with E-state index in [-0.39, 0.29) is 17.3 Å². The summed E-state index contributed by atoms with van der Waals surface area (Å²) in [6.45, 7) is 1.32. The van der Waals surface area contributed by atoms with Crippen molar-refractivity contribution >= 4 is 11.5 Å². The Morgan fingerprint density at radius 3 is 2.27 bits per heavy atom. The van der Waals surface area contributed by atoms with Gasteiger partial charge in [-0.15, -0.1) is 0 Å². The van der Waals surface area contributed by atoms with Crippen molar-refractivity contribution in [2.75, 3.05) is 0 Å². The first-order chi connectivity index (χ1) is 7.09. The first-order valence-electron chi connectivity index (χ1n) is 4.47. The Balaban J connectivity index is 2.90. The lowest BCUT2D eigenvalue weighted by Crippen LogP contribution is -1.88. The summed E-state index contributed by atoms with van der Waals surface area (Å²) in [6, 6.07) is 8.76. The summed E-state index contributed by atoms with van der Waals surface area (Å²) in [5.41, 5.74) is 0.584. The second kappa shape index (κ2) is 5.00. The molecule has 0 aliphatic heterocycles. The Labute approximate surface area is 88.0 Å². The maximum Gasteiger partial charge on any atom is 0.156 e. The number of aliphatic hydroxyl groups excluding tert-OH is 2. The second-order valence-electron chi connectivity index (χ2n) is 3.08. The zero-order valence-electron chi connectivity index (χ0n) is 8.34. The van der Waals surface area contributed by atoms with E-state index in [0.29, 0.717) is 5.56 Å². The van der Waals surface area contributed by atoms with Crippen LogP contribution in [-0.2, 0) is 4.79 Å². The number of carbonyl (C=O) groups is 1. The standard InChI is InChI=1S/C12H12O3/c1-9(13)7-11(14)8-12(15)10-5-3-2-4-6-10/h2-8,14-15H,1H3/b11-7-,12-8-. The lowest BCUT2D eigenvalue weighted by molar-refractivity contribution is -0.112. The topological polar surface area (TPSA) is 57.5 Å². The van der Waals surface area contributed by atoms with Gasteiger partial charge < -0.3 is 10.2 Å². The van der Waals surface area contributed by atoms with E-state index in [1.807, 2.05) is 6.07 Å². The van der Waals surface area contributed by atoms with Gasteiger partial charge >= 0.3 is 0 Å². The van der Waals surface area contributed by atoms with Crippen molar-refractivity contribution in [1.29, 1.82) is 0 Å². The van der Waals surface area contributed by atoms with E-state index in [1.54, 1.807) is 24.3 Å². The van der Waals surface area contributed by atoms with Gasteiger partial charge in [0.25, 0.3) is 0 Å². The fourth-order valence-corrected chi connectivity index (χ4v) is 1.08. The molecule has 78 valence electrons. The molecule has 3 heteroatoms. The number of allylic oxidation sites excluding steroid dienone is 2. The molecule has 0 bridgehead atoms. The second-order valence-corrected chi connectivity index (χ2v) is 3.08. The van der Waals surface area contributed by atoms with Crippen LogP contribution in [0.3, 0.4) is 0 Å². The normalized spacial score (nSPS) is 12.6. The van der Waals surface area contributed by atoms with Crippen LogP contribution in [0, 0.1) is 0 Å². The lowest BCUT2D eigenvalue weighted by atomic mass is 10.1. The Bertz CT molecular complexity index is 402. The van der Waals surface area contributed by atoms with Crippen LogP contribution in [0.1, 0.15) is 12.5 Å². The van der Waals surface area contributed by atoms with Gasteiger partial charge in [-0.3, -0.25) is 4.79 Å². The predicted molar refractivity (Wildman–Crippen MR) is 58.4 cm³/mol. The third-order valence-electron chi connectivity index (χ3n) is 1.71. The Morgan fingerprint density at radius 2 is 1.73 bits per heavy atom. The smallest absolute Gasteiger partial charge is 0.156 e. The largest absolute Gasteiger partial charge is 0.508 e. The third-order valence-corrected chi connectivity index (χ3v) is 1.71. The summed E-state index contributed by atoms with van der Waals surface area (Å²) in [5.74, 6) is -0.612. The van der Waals surface area contributed by atoms with Crippen LogP contribution in [0.5, 0.6) is 0 Å². The zero-order chi connectivity index (χ0) is 11.3. The molecule has 0 aliphatic rings. The molecule has 3 nitrogen and oxygen atoms in total. The molecule has 0 heterocycles. The molecule has 0 spiro atoms. The van der Waals surface area contributed by atoms with Crippen LogP contribution in [0.15, 0.2) is 48.2 Å². The summed E-state index contributed by atoms with van der Waals surface area (Å²) < 4.78 is 0. The van der Waals surface area contributed by atoms with Crippen LogP contribution in [-0.4, -0.2) is 16.0 Å². The minimum absolute atomic E-state index is 0.0781. The van der Waals surface area contributed by atoms with Gasteiger partial charge in [-0.1, -0.05) is 30.3 Å². The molecular weight excluding hydrogens is 192 g/mol. The predicted octanol–water partition coefficient (Wildman–Crippen LogP) is 2.62. The first-order valence-corrected chi connectivity index (χ1v) is 4.47. The van der Waals surface area contributed by atoms with Gasteiger partial charge in [0.15, 0.2) is 5.78 Å². The van der Waals surface area contributed by atoms with Gasteiger partial charge in [0, 0.05) is 17.7 Å². The van der Waals surface area contributed by atoms with E-state index >= 15 is 0 Å². The minimum Gasteiger partial charge on any atom is -0.508 e. The molecular formula is C12H12O3. The molecule has 1 rings (SSSR count). The number of benzene rings is 1. The molecule has 0 atom stereocenters. The Morgan fingerprint density at radius 1 is 1.13 bits per heavy atom. The molecule has 0 saturated heterocycles. The summed E-state index contributed by atoms with van der Waals surface area (Å²) in [7, 11) is 0. The van der Waals surface area contributed by atoms with Crippen LogP contribution in [0.4, 0.5) is 0 Å². The highest BCUT2D eigenvalue weighted by Crippen LogP contribution is 2.11. The maximum absolute atomic E-state index is 10.6. The van der Waals surface area contributed by atoms with Gasteiger partial charge in [0.05, 0.1) is 0 Å². The SMILES string of the molecule is CC(=O)/C=C(O)/C=C(\O)c1ccccc1. The molecule has 0 fully saturated rings. The Hall–Kier alpha value is -2.03. The minimum atomic E-state index is -0.274. The van der Waals surface area contributed by atoms with E-state index < -0.39 is 0 Å². The number of aliphatic hydroxyl groups is 2. The highest BCUT2D eigenvalue weighted by Gasteiger charge is 1.99. The van der Waals surface area contributed by atoms with Crippen LogP contribution >= 0.6 is 0 Å².